The summed E-state index contributed by atoms with van der Waals surface area (Å²) < 4.78 is 0. The van der Waals surface area contributed by atoms with Crippen LogP contribution in [0.15, 0.2) is 40.7 Å². The minimum Gasteiger partial charge on any atom is -0.477 e. The van der Waals surface area contributed by atoms with E-state index in [1.165, 1.54) is 4.90 Å². The van der Waals surface area contributed by atoms with Crippen molar-refractivity contribution >= 4 is 23.6 Å². The van der Waals surface area contributed by atoms with Crippen LogP contribution in [0.1, 0.15) is 6.42 Å². The fourth-order valence-corrected chi connectivity index (χ4v) is 4.66. The summed E-state index contributed by atoms with van der Waals surface area (Å²) >= 11 is 1.60. The van der Waals surface area contributed by atoms with Crippen LogP contribution in [0.2, 0.25) is 0 Å². The second-order valence-corrected chi connectivity index (χ2v) is 6.73. The molecule has 0 saturated carbocycles. The standard InChI is InChI=1S/C15H15N3O3S/c19-14-11-12-9(3-6-17-11)10(13(15(20)21)18(12)14)7-22-8-1-4-16-5-2-8/h1-2,4-5,9,11-12,17H,3,6-7H2,(H,20,21)/t9?,11-,12+/m0/s1. The van der Waals surface area contributed by atoms with Gasteiger partial charge < -0.3 is 10.4 Å². The molecule has 0 spiro atoms. The zero-order chi connectivity index (χ0) is 15.3. The summed E-state index contributed by atoms with van der Waals surface area (Å²) in [6.07, 6.45) is 4.33. The van der Waals surface area contributed by atoms with Crippen molar-refractivity contribution in [2.75, 3.05) is 12.3 Å². The molecular weight excluding hydrogens is 302 g/mol. The molecule has 0 aliphatic carbocycles. The number of thioether (sulfide) groups is 1. The molecule has 1 aromatic heterocycles. The molecular formula is C15H15N3O3S. The molecule has 114 valence electrons. The average molecular weight is 317 g/mol. The van der Waals surface area contributed by atoms with E-state index in [4.69, 9.17) is 0 Å². The molecule has 3 atom stereocenters. The second kappa shape index (κ2) is 5.10. The van der Waals surface area contributed by atoms with Crippen molar-refractivity contribution in [3.63, 3.8) is 0 Å². The fourth-order valence-electron chi connectivity index (χ4n) is 3.68. The van der Waals surface area contributed by atoms with Gasteiger partial charge in [-0.05, 0) is 30.7 Å². The van der Waals surface area contributed by atoms with Gasteiger partial charge in [-0.3, -0.25) is 14.7 Å². The Bertz CT molecular complexity index is 676. The first kappa shape index (κ1) is 13.8. The number of rotatable bonds is 4. The van der Waals surface area contributed by atoms with Crippen LogP contribution in [0.5, 0.6) is 0 Å². The predicted molar refractivity (Wildman–Crippen MR) is 80.2 cm³/mol. The number of nitrogens with zero attached hydrogens (tertiary/aromatic N) is 2. The maximum absolute atomic E-state index is 12.1. The minimum atomic E-state index is -0.994. The van der Waals surface area contributed by atoms with Crippen LogP contribution in [0.25, 0.3) is 0 Å². The number of β-lactam (4-membered cyclic amide) rings is 1. The number of hydrogen-bond acceptors (Lipinski definition) is 5. The predicted octanol–water partition coefficient (Wildman–Crippen LogP) is 0.715. The van der Waals surface area contributed by atoms with Crippen LogP contribution in [-0.2, 0) is 9.59 Å². The molecule has 6 nitrogen and oxygen atoms in total. The SMILES string of the molecule is O=C(O)C1=C(CSc2ccncc2)C2CCN[C@@H]3C(=O)N1[C@H]23. The normalized spacial score (nSPS) is 29.4. The van der Waals surface area contributed by atoms with Gasteiger partial charge >= 0.3 is 5.97 Å². The largest absolute Gasteiger partial charge is 0.477 e. The van der Waals surface area contributed by atoms with Gasteiger partial charge in [0.05, 0.1) is 6.04 Å². The average Bonchev–Trinajstić information content (AvgIpc) is 2.87. The molecule has 1 aromatic rings. The van der Waals surface area contributed by atoms with E-state index in [1.807, 2.05) is 12.1 Å². The first-order valence-corrected chi connectivity index (χ1v) is 8.22. The Labute approximate surface area is 131 Å². The number of aromatic nitrogens is 1. The highest BCUT2D eigenvalue weighted by Crippen LogP contribution is 2.47. The van der Waals surface area contributed by atoms with Gasteiger partial charge in [-0.15, -0.1) is 11.8 Å². The van der Waals surface area contributed by atoms with Gasteiger partial charge in [0, 0.05) is 29.0 Å². The number of carbonyl (C=O) groups excluding carboxylic acids is 1. The second-order valence-electron chi connectivity index (χ2n) is 5.68. The van der Waals surface area contributed by atoms with E-state index in [1.54, 1.807) is 24.2 Å². The van der Waals surface area contributed by atoms with Crippen molar-refractivity contribution in [1.29, 1.82) is 0 Å². The van der Waals surface area contributed by atoms with E-state index in [9.17, 15) is 14.7 Å². The van der Waals surface area contributed by atoms with E-state index in [2.05, 4.69) is 10.3 Å². The van der Waals surface area contributed by atoms with Crippen molar-refractivity contribution in [2.45, 2.75) is 23.4 Å². The quantitative estimate of drug-likeness (QED) is 0.629. The van der Waals surface area contributed by atoms with Crippen LogP contribution in [0, 0.1) is 5.92 Å². The Kier molecular flexibility index (Phi) is 3.19. The van der Waals surface area contributed by atoms with Crippen LogP contribution in [0.3, 0.4) is 0 Å². The molecule has 3 aliphatic heterocycles. The topological polar surface area (TPSA) is 82.5 Å². The Balaban J connectivity index is 1.63. The number of piperidine rings is 1. The fraction of sp³-hybridized carbons (Fsp3) is 0.400. The number of carboxylic acid groups (broad SMARTS) is 1. The van der Waals surface area contributed by atoms with Gasteiger partial charge in [-0.25, -0.2) is 4.79 Å². The molecule has 0 bridgehead atoms. The summed E-state index contributed by atoms with van der Waals surface area (Å²) in [7, 11) is 0. The molecule has 1 amide bonds. The van der Waals surface area contributed by atoms with Gasteiger partial charge in [0.2, 0.25) is 5.91 Å². The minimum absolute atomic E-state index is 0.000361. The molecule has 4 rings (SSSR count). The number of aliphatic carboxylic acids is 1. The lowest BCUT2D eigenvalue weighted by atomic mass is 9.80. The molecule has 2 saturated heterocycles. The highest BCUT2D eigenvalue weighted by molar-refractivity contribution is 7.99. The lowest BCUT2D eigenvalue weighted by Crippen LogP contribution is -2.71. The van der Waals surface area contributed by atoms with Crippen molar-refractivity contribution in [3.8, 4) is 0 Å². The molecule has 2 fully saturated rings. The smallest absolute Gasteiger partial charge is 0.352 e. The molecule has 0 radical (unpaired) electrons. The molecule has 3 aliphatic rings. The highest BCUT2D eigenvalue weighted by atomic mass is 32.2. The Hall–Kier alpha value is -1.86. The van der Waals surface area contributed by atoms with Crippen LogP contribution in [0.4, 0.5) is 0 Å². The lowest BCUT2D eigenvalue weighted by Gasteiger charge is -2.48. The highest BCUT2D eigenvalue weighted by Gasteiger charge is 2.60. The summed E-state index contributed by atoms with van der Waals surface area (Å²) in [5.74, 6) is -0.324. The Morgan fingerprint density at radius 3 is 2.95 bits per heavy atom. The molecule has 0 aromatic carbocycles. The van der Waals surface area contributed by atoms with Gasteiger partial charge in [0.1, 0.15) is 11.7 Å². The maximum Gasteiger partial charge on any atom is 0.352 e. The molecule has 2 N–H and O–H groups in total. The van der Waals surface area contributed by atoms with Crippen LogP contribution in [-0.4, -0.2) is 51.2 Å². The van der Waals surface area contributed by atoms with Crippen molar-refractivity contribution in [2.24, 2.45) is 5.92 Å². The number of hydrogen-bond donors (Lipinski definition) is 2. The monoisotopic (exact) mass is 317 g/mol. The molecule has 1 unspecified atom stereocenters. The first-order valence-electron chi connectivity index (χ1n) is 7.24. The van der Waals surface area contributed by atoms with E-state index < -0.39 is 5.97 Å². The Morgan fingerprint density at radius 1 is 1.45 bits per heavy atom. The van der Waals surface area contributed by atoms with Crippen LogP contribution < -0.4 is 5.32 Å². The molecule has 22 heavy (non-hydrogen) atoms. The van der Waals surface area contributed by atoms with E-state index in [0.29, 0.717) is 5.75 Å². The van der Waals surface area contributed by atoms with E-state index >= 15 is 0 Å². The van der Waals surface area contributed by atoms with Crippen LogP contribution >= 0.6 is 11.8 Å². The summed E-state index contributed by atoms with van der Waals surface area (Å²) in [6, 6.07) is 3.62. The van der Waals surface area contributed by atoms with E-state index in [0.717, 1.165) is 23.4 Å². The molecule has 7 heteroatoms. The summed E-state index contributed by atoms with van der Waals surface area (Å²) in [5, 5.41) is 12.7. The Morgan fingerprint density at radius 2 is 2.23 bits per heavy atom. The van der Waals surface area contributed by atoms with Gasteiger partial charge in [0.15, 0.2) is 0 Å². The third-order valence-corrected chi connectivity index (χ3v) is 5.68. The van der Waals surface area contributed by atoms with Gasteiger partial charge in [0.25, 0.3) is 0 Å². The summed E-state index contributed by atoms with van der Waals surface area (Å²) in [6.45, 7) is 0.766. The lowest BCUT2D eigenvalue weighted by molar-refractivity contribution is -0.154. The molecule has 4 heterocycles. The first-order chi connectivity index (χ1) is 10.7. The third kappa shape index (κ3) is 1.89. The van der Waals surface area contributed by atoms with E-state index in [-0.39, 0.29) is 29.6 Å². The number of carbonyl (C=O) groups is 2. The maximum atomic E-state index is 12.1. The van der Waals surface area contributed by atoms with Gasteiger partial charge in [-0.1, -0.05) is 0 Å². The number of amides is 1. The zero-order valence-electron chi connectivity index (χ0n) is 11.7. The van der Waals surface area contributed by atoms with Crippen molar-refractivity contribution in [3.05, 3.63) is 35.8 Å². The van der Waals surface area contributed by atoms with Crippen molar-refractivity contribution < 1.29 is 14.7 Å². The number of nitrogens with one attached hydrogen (secondary N) is 1. The third-order valence-electron chi connectivity index (χ3n) is 4.61. The summed E-state index contributed by atoms with van der Waals surface area (Å²) in [5.41, 5.74) is 1.11. The number of pyridine rings is 1. The summed E-state index contributed by atoms with van der Waals surface area (Å²) in [4.78, 5) is 30.3. The van der Waals surface area contributed by atoms with Crippen molar-refractivity contribution in [1.82, 2.24) is 15.2 Å². The van der Waals surface area contributed by atoms with Gasteiger partial charge in [-0.2, -0.15) is 0 Å². The number of carboxylic acids is 1. The zero-order valence-corrected chi connectivity index (χ0v) is 12.5.